The molecular formula is C8H8F3N. The molecule has 0 fully saturated rings. The van der Waals surface area contributed by atoms with E-state index in [-0.39, 0.29) is 12.1 Å². The van der Waals surface area contributed by atoms with Crippen LogP contribution in [-0.4, -0.2) is 7.05 Å². The second-order valence-corrected chi connectivity index (χ2v) is 2.39. The number of halogens is 3. The third-order valence-corrected chi connectivity index (χ3v) is 1.44. The largest absolute Gasteiger partial charge is 0.316 e. The third kappa shape index (κ3) is 1.76. The highest BCUT2D eigenvalue weighted by Crippen LogP contribution is 2.13. The Bertz CT molecular complexity index is 286. The second-order valence-electron chi connectivity index (χ2n) is 2.39. The van der Waals surface area contributed by atoms with E-state index in [2.05, 4.69) is 5.32 Å². The van der Waals surface area contributed by atoms with Gasteiger partial charge in [-0.3, -0.25) is 0 Å². The second kappa shape index (κ2) is 3.58. The first kappa shape index (κ1) is 9.06. The van der Waals surface area contributed by atoms with Gasteiger partial charge >= 0.3 is 0 Å². The maximum atomic E-state index is 12.8. The van der Waals surface area contributed by atoms with Gasteiger partial charge in [0, 0.05) is 18.2 Å². The van der Waals surface area contributed by atoms with Crippen LogP contribution >= 0.6 is 0 Å². The van der Waals surface area contributed by atoms with Crippen LogP contribution in [0.1, 0.15) is 5.56 Å². The summed E-state index contributed by atoms with van der Waals surface area (Å²) in [5, 5.41) is 2.61. The fourth-order valence-electron chi connectivity index (χ4n) is 0.928. The zero-order chi connectivity index (χ0) is 9.14. The highest BCUT2D eigenvalue weighted by atomic mass is 19.2. The molecule has 66 valence electrons. The van der Waals surface area contributed by atoms with Crippen molar-refractivity contribution in [2.24, 2.45) is 0 Å². The van der Waals surface area contributed by atoms with Gasteiger partial charge in [0.15, 0.2) is 11.6 Å². The van der Waals surface area contributed by atoms with Gasteiger partial charge in [-0.05, 0) is 13.1 Å². The van der Waals surface area contributed by atoms with Gasteiger partial charge in [0.2, 0.25) is 0 Å². The van der Waals surface area contributed by atoms with Crippen LogP contribution in [0.5, 0.6) is 0 Å². The van der Waals surface area contributed by atoms with Gasteiger partial charge in [0.1, 0.15) is 5.82 Å². The number of rotatable bonds is 2. The summed E-state index contributed by atoms with van der Waals surface area (Å²) in [4.78, 5) is 0. The first-order valence-electron chi connectivity index (χ1n) is 3.43. The maximum Gasteiger partial charge on any atom is 0.163 e. The molecule has 4 heteroatoms. The molecule has 0 saturated heterocycles. The Kier molecular flexibility index (Phi) is 2.70. The van der Waals surface area contributed by atoms with E-state index < -0.39 is 17.5 Å². The van der Waals surface area contributed by atoms with Crippen LogP contribution in [0.2, 0.25) is 0 Å². The van der Waals surface area contributed by atoms with Crippen LogP contribution < -0.4 is 5.32 Å². The smallest absolute Gasteiger partial charge is 0.163 e. The summed E-state index contributed by atoms with van der Waals surface area (Å²) in [5.41, 5.74) is -0.00463. The Labute approximate surface area is 68.2 Å². The molecule has 1 aromatic rings. The van der Waals surface area contributed by atoms with E-state index in [9.17, 15) is 13.2 Å². The zero-order valence-electron chi connectivity index (χ0n) is 6.50. The summed E-state index contributed by atoms with van der Waals surface area (Å²) in [6.07, 6.45) is 0. The minimum atomic E-state index is -1.15. The Hall–Kier alpha value is -1.03. The average molecular weight is 175 g/mol. The summed E-state index contributed by atoms with van der Waals surface area (Å²) in [6, 6.07) is 1.49. The van der Waals surface area contributed by atoms with E-state index in [4.69, 9.17) is 0 Å². The zero-order valence-corrected chi connectivity index (χ0v) is 6.50. The number of hydrogen-bond acceptors (Lipinski definition) is 1. The predicted octanol–water partition coefficient (Wildman–Crippen LogP) is 1.82. The predicted molar refractivity (Wildman–Crippen MR) is 39.1 cm³/mol. The van der Waals surface area contributed by atoms with Gasteiger partial charge in [-0.1, -0.05) is 0 Å². The van der Waals surface area contributed by atoms with Crippen molar-refractivity contribution in [3.63, 3.8) is 0 Å². The molecule has 1 nitrogen and oxygen atoms in total. The minimum absolute atomic E-state index is 0.00463. The van der Waals surface area contributed by atoms with Gasteiger partial charge in [0.25, 0.3) is 0 Å². The molecular weight excluding hydrogens is 167 g/mol. The first-order chi connectivity index (χ1) is 5.65. The lowest BCUT2D eigenvalue weighted by atomic mass is 10.2. The Balaban J connectivity index is 3.09. The van der Waals surface area contributed by atoms with Crippen molar-refractivity contribution in [3.05, 3.63) is 35.1 Å². The summed E-state index contributed by atoms with van der Waals surface area (Å²) in [6.45, 7) is 0.112. The lowest BCUT2D eigenvalue weighted by Crippen LogP contribution is -2.08. The molecule has 0 aliphatic carbocycles. The molecule has 12 heavy (non-hydrogen) atoms. The molecule has 0 aromatic heterocycles. The van der Waals surface area contributed by atoms with Gasteiger partial charge in [-0.15, -0.1) is 0 Å². The standard InChI is InChI=1S/C8H8F3N/c1-12-4-5-2-6(9)3-7(10)8(5)11/h2-3,12H,4H2,1H3. The SMILES string of the molecule is CNCc1cc(F)cc(F)c1F. The van der Waals surface area contributed by atoms with Crippen LogP contribution in [-0.2, 0) is 6.54 Å². The van der Waals surface area contributed by atoms with E-state index in [1.807, 2.05) is 0 Å². The van der Waals surface area contributed by atoms with Crippen LogP contribution in [0.3, 0.4) is 0 Å². The third-order valence-electron chi connectivity index (χ3n) is 1.44. The van der Waals surface area contributed by atoms with Gasteiger partial charge < -0.3 is 5.32 Å². The molecule has 1 N–H and O–H groups in total. The average Bonchev–Trinajstić information content (AvgIpc) is 2.00. The van der Waals surface area contributed by atoms with Crippen molar-refractivity contribution < 1.29 is 13.2 Å². The van der Waals surface area contributed by atoms with Crippen molar-refractivity contribution in [1.29, 1.82) is 0 Å². The molecule has 0 unspecified atom stereocenters. The van der Waals surface area contributed by atoms with Gasteiger partial charge in [-0.2, -0.15) is 0 Å². The number of benzene rings is 1. The van der Waals surface area contributed by atoms with Crippen LogP contribution in [0, 0.1) is 17.5 Å². The van der Waals surface area contributed by atoms with Crippen LogP contribution in [0.25, 0.3) is 0 Å². The van der Waals surface area contributed by atoms with E-state index in [1.165, 1.54) is 0 Å². The van der Waals surface area contributed by atoms with Crippen molar-refractivity contribution in [1.82, 2.24) is 5.32 Å². The van der Waals surface area contributed by atoms with Gasteiger partial charge in [-0.25, -0.2) is 13.2 Å². The van der Waals surface area contributed by atoms with Crippen molar-refractivity contribution in [3.8, 4) is 0 Å². The highest BCUT2D eigenvalue weighted by Gasteiger charge is 2.09. The maximum absolute atomic E-state index is 12.8. The van der Waals surface area contributed by atoms with E-state index in [0.717, 1.165) is 6.07 Å². The topological polar surface area (TPSA) is 12.0 Å². The van der Waals surface area contributed by atoms with Crippen LogP contribution in [0.4, 0.5) is 13.2 Å². The quantitative estimate of drug-likeness (QED) is 0.676. The fourth-order valence-corrected chi connectivity index (χ4v) is 0.928. The lowest BCUT2D eigenvalue weighted by Gasteiger charge is -2.02. The number of hydrogen-bond donors (Lipinski definition) is 1. The monoisotopic (exact) mass is 175 g/mol. The Morgan fingerprint density at radius 2 is 1.92 bits per heavy atom. The minimum Gasteiger partial charge on any atom is -0.316 e. The highest BCUT2D eigenvalue weighted by molar-refractivity contribution is 5.20. The van der Waals surface area contributed by atoms with Crippen molar-refractivity contribution in [2.75, 3.05) is 7.05 Å². The molecule has 0 atom stereocenters. The normalized spacial score (nSPS) is 10.3. The fraction of sp³-hybridized carbons (Fsp3) is 0.250. The molecule has 0 aliphatic heterocycles. The summed E-state index contributed by atoms with van der Waals surface area (Å²) in [5.74, 6) is -2.91. The van der Waals surface area contributed by atoms with E-state index in [0.29, 0.717) is 6.07 Å². The molecule has 0 spiro atoms. The Morgan fingerprint density at radius 1 is 1.25 bits per heavy atom. The molecule has 0 heterocycles. The van der Waals surface area contributed by atoms with Gasteiger partial charge in [0.05, 0.1) is 0 Å². The van der Waals surface area contributed by atoms with E-state index in [1.54, 1.807) is 7.05 Å². The molecule has 0 saturated carbocycles. The van der Waals surface area contributed by atoms with Crippen LogP contribution in [0.15, 0.2) is 12.1 Å². The summed E-state index contributed by atoms with van der Waals surface area (Å²) >= 11 is 0. The number of nitrogens with one attached hydrogen (secondary N) is 1. The van der Waals surface area contributed by atoms with Crippen molar-refractivity contribution >= 4 is 0 Å². The Morgan fingerprint density at radius 3 is 2.50 bits per heavy atom. The van der Waals surface area contributed by atoms with E-state index >= 15 is 0 Å². The molecule has 0 radical (unpaired) electrons. The molecule has 0 amide bonds. The molecule has 1 aromatic carbocycles. The summed E-state index contributed by atoms with van der Waals surface area (Å²) < 4.78 is 37.8. The summed E-state index contributed by atoms with van der Waals surface area (Å²) in [7, 11) is 1.57. The molecule has 0 aliphatic rings. The molecule has 1 rings (SSSR count). The first-order valence-corrected chi connectivity index (χ1v) is 3.43. The molecule has 0 bridgehead atoms. The van der Waals surface area contributed by atoms with Crippen molar-refractivity contribution in [2.45, 2.75) is 6.54 Å². The lowest BCUT2D eigenvalue weighted by molar-refractivity contribution is 0.482.